The fourth-order valence-corrected chi connectivity index (χ4v) is 0.605. The topological polar surface area (TPSA) is 104 Å². The third-order valence-electron chi connectivity index (χ3n) is 1.25. The molecule has 13 heavy (non-hydrogen) atoms. The summed E-state index contributed by atoms with van der Waals surface area (Å²) in [5, 5.41) is 26.4. The SMILES string of the molecule is C=C(O)C(=O)/C(O)=C(\C=C/N)CO. The fraction of sp³-hybridized carbons (Fsp3) is 0.125. The van der Waals surface area contributed by atoms with Gasteiger partial charge in [-0.15, -0.1) is 0 Å². The van der Waals surface area contributed by atoms with E-state index >= 15 is 0 Å². The summed E-state index contributed by atoms with van der Waals surface area (Å²) in [5.41, 5.74) is 4.91. The van der Waals surface area contributed by atoms with E-state index in [9.17, 15) is 4.79 Å². The maximum absolute atomic E-state index is 10.9. The molecule has 0 fully saturated rings. The molecular weight excluding hydrogens is 174 g/mol. The minimum absolute atomic E-state index is 0.0808. The van der Waals surface area contributed by atoms with E-state index in [4.69, 9.17) is 21.1 Å². The molecule has 5 nitrogen and oxygen atoms in total. The molecule has 0 rings (SSSR count). The Labute approximate surface area is 75.1 Å². The molecule has 0 heterocycles. The van der Waals surface area contributed by atoms with Crippen LogP contribution in [0.5, 0.6) is 0 Å². The first kappa shape index (κ1) is 11.2. The van der Waals surface area contributed by atoms with E-state index in [0.717, 1.165) is 12.3 Å². The molecule has 0 aliphatic heterocycles. The van der Waals surface area contributed by atoms with Crippen LogP contribution in [0.2, 0.25) is 0 Å². The molecule has 0 aromatic heterocycles. The lowest BCUT2D eigenvalue weighted by atomic mass is 10.1. The van der Waals surface area contributed by atoms with Crippen LogP contribution in [0.1, 0.15) is 0 Å². The molecule has 0 aliphatic carbocycles. The van der Waals surface area contributed by atoms with Crippen molar-refractivity contribution in [2.45, 2.75) is 0 Å². The Morgan fingerprint density at radius 3 is 2.31 bits per heavy atom. The van der Waals surface area contributed by atoms with Crippen molar-refractivity contribution < 1.29 is 20.1 Å². The number of carbonyl (C=O) groups is 1. The predicted molar refractivity (Wildman–Crippen MR) is 46.8 cm³/mol. The average Bonchev–Trinajstić information content (AvgIpc) is 2.11. The van der Waals surface area contributed by atoms with Gasteiger partial charge in [-0.05, 0) is 12.3 Å². The molecular formula is C8H11NO4. The number of Topliss-reactive ketones (excluding diaryl/α,β-unsaturated/α-hetero) is 1. The maximum atomic E-state index is 10.9. The van der Waals surface area contributed by atoms with Gasteiger partial charge in [0.25, 0.3) is 5.78 Å². The van der Waals surface area contributed by atoms with Gasteiger partial charge in [0, 0.05) is 5.57 Å². The first-order valence-electron chi connectivity index (χ1n) is 3.38. The standard InChI is InChI=1S/C8H11NO4/c1-5(11)7(12)8(13)6(4-10)2-3-9/h2-3,10-11,13H,1,4,9H2/b3-2-,8-6-. The highest BCUT2D eigenvalue weighted by Crippen LogP contribution is 2.06. The van der Waals surface area contributed by atoms with E-state index < -0.39 is 23.9 Å². The van der Waals surface area contributed by atoms with Gasteiger partial charge in [0.05, 0.1) is 6.61 Å². The molecule has 0 saturated heterocycles. The number of nitrogens with two attached hydrogens (primary N) is 1. The Morgan fingerprint density at radius 1 is 1.46 bits per heavy atom. The zero-order chi connectivity index (χ0) is 10.4. The summed E-state index contributed by atoms with van der Waals surface area (Å²) in [7, 11) is 0. The molecule has 5 N–H and O–H groups in total. The number of aliphatic hydroxyl groups excluding tert-OH is 3. The lowest BCUT2D eigenvalue weighted by Crippen LogP contribution is -2.08. The van der Waals surface area contributed by atoms with E-state index in [1.165, 1.54) is 0 Å². The number of aliphatic hydroxyl groups is 3. The van der Waals surface area contributed by atoms with Gasteiger partial charge in [0.2, 0.25) is 0 Å². The molecule has 0 bridgehead atoms. The van der Waals surface area contributed by atoms with Crippen LogP contribution >= 0.6 is 0 Å². The quantitative estimate of drug-likeness (QED) is 0.278. The summed E-state index contributed by atoms with van der Waals surface area (Å²) in [5.74, 6) is -2.60. The molecule has 0 radical (unpaired) electrons. The number of carbonyl (C=O) groups excluding carboxylic acids is 1. The van der Waals surface area contributed by atoms with Crippen molar-refractivity contribution in [3.8, 4) is 0 Å². The van der Waals surface area contributed by atoms with Crippen molar-refractivity contribution in [2.24, 2.45) is 5.73 Å². The minimum atomic E-state index is -1.04. The third-order valence-corrected chi connectivity index (χ3v) is 1.25. The van der Waals surface area contributed by atoms with Gasteiger partial charge in [0.1, 0.15) is 0 Å². The molecule has 0 saturated carbocycles. The fourth-order valence-electron chi connectivity index (χ4n) is 0.605. The van der Waals surface area contributed by atoms with E-state index in [-0.39, 0.29) is 5.57 Å². The lowest BCUT2D eigenvalue weighted by molar-refractivity contribution is -0.116. The van der Waals surface area contributed by atoms with Gasteiger partial charge in [0.15, 0.2) is 11.5 Å². The molecule has 0 aliphatic rings. The van der Waals surface area contributed by atoms with Crippen LogP contribution in [0, 0.1) is 0 Å². The molecule has 0 unspecified atom stereocenters. The third kappa shape index (κ3) is 3.00. The summed E-state index contributed by atoms with van der Waals surface area (Å²) in [6.45, 7) is 2.37. The predicted octanol–water partition coefficient (Wildman–Crippen LogP) is -0.0960. The first-order valence-corrected chi connectivity index (χ1v) is 3.38. The van der Waals surface area contributed by atoms with E-state index in [1.54, 1.807) is 0 Å². The van der Waals surface area contributed by atoms with Gasteiger partial charge < -0.3 is 21.1 Å². The summed E-state index contributed by atoms with van der Waals surface area (Å²) >= 11 is 0. The molecule has 0 aromatic rings. The first-order chi connectivity index (χ1) is 6.04. The Hall–Kier alpha value is -1.75. The van der Waals surface area contributed by atoms with Crippen LogP contribution in [-0.2, 0) is 4.79 Å². The van der Waals surface area contributed by atoms with Crippen LogP contribution in [0.15, 0.2) is 35.9 Å². The van der Waals surface area contributed by atoms with E-state index in [1.807, 2.05) is 0 Å². The summed E-state index contributed by atoms with van der Waals surface area (Å²) in [6.07, 6.45) is 2.20. The van der Waals surface area contributed by atoms with Crippen LogP contribution in [0.25, 0.3) is 0 Å². The van der Waals surface area contributed by atoms with Gasteiger partial charge >= 0.3 is 0 Å². The van der Waals surface area contributed by atoms with Gasteiger partial charge in [-0.3, -0.25) is 4.79 Å². The number of hydrogen-bond donors (Lipinski definition) is 4. The van der Waals surface area contributed by atoms with Crippen molar-refractivity contribution in [2.75, 3.05) is 6.61 Å². The zero-order valence-corrected chi connectivity index (χ0v) is 6.90. The monoisotopic (exact) mass is 185 g/mol. The minimum Gasteiger partial charge on any atom is -0.504 e. The highest BCUT2D eigenvalue weighted by Gasteiger charge is 2.14. The van der Waals surface area contributed by atoms with Crippen molar-refractivity contribution >= 4 is 5.78 Å². The number of ketones is 1. The van der Waals surface area contributed by atoms with E-state index in [2.05, 4.69) is 6.58 Å². The highest BCUT2D eigenvalue weighted by molar-refractivity contribution is 6.05. The Morgan fingerprint density at radius 2 is 2.00 bits per heavy atom. The van der Waals surface area contributed by atoms with Gasteiger partial charge in [-0.25, -0.2) is 0 Å². The van der Waals surface area contributed by atoms with Crippen molar-refractivity contribution in [3.05, 3.63) is 35.9 Å². The number of hydrogen-bond acceptors (Lipinski definition) is 5. The molecule has 0 amide bonds. The zero-order valence-electron chi connectivity index (χ0n) is 6.90. The summed E-state index contributed by atoms with van der Waals surface area (Å²) in [4.78, 5) is 10.9. The second-order valence-corrected chi connectivity index (χ2v) is 2.17. The lowest BCUT2D eigenvalue weighted by Gasteiger charge is -2.01. The van der Waals surface area contributed by atoms with Crippen molar-refractivity contribution in [3.63, 3.8) is 0 Å². The molecule has 72 valence electrons. The van der Waals surface area contributed by atoms with E-state index in [0.29, 0.717) is 0 Å². The summed E-state index contributed by atoms with van der Waals surface area (Å²) < 4.78 is 0. The summed E-state index contributed by atoms with van der Waals surface area (Å²) in [6, 6.07) is 0. The van der Waals surface area contributed by atoms with Crippen molar-refractivity contribution in [1.82, 2.24) is 0 Å². The number of rotatable bonds is 4. The normalized spacial score (nSPS) is 12.7. The Balaban J connectivity index is 4.96. The van der Waals surface area contributed by atoms with Crippen LogP contribution < -0.4 is 5.73 Å². The van der Waals surface area contributed by atoms with Crippen LogP contribution in [0.4, 0.5) is 0 Å². The molecule has 5 heteroatoms. The van der Waals surface area contributed by atoms with Crippen molar-refractivity contribution in [1.29, 1.82) is 0 Å². The average molecular weight is 185 g/mol. The second-order valence-electron chi connectivity index (χ2n) is 2.17. The van der Waals surface area contributed by atoms with Crippen LogP contribution in [-0.4, -0.2) is 27.7 Å². The second kappa shape index (κ2) is 5.00. The smallest absolute Gasteiger partial charge is 0.261 e. The molecule has 0 atom stereocenters. The Bertz CT molecular complexity index is 278. The molecule has 0 aromatic carbocycles. The largest absolute Gasteiger partial charge is 0.504 e. The van der Waals surface area contributed by atoms with Gasteiger partial charge in [-0.1, -0.05) is 6.58 Å². The maximum Gasteiger partial charge on any atom is 0.261 e. The Kier molecular flexibility index (Phi) is 4.32. The van der Waals surface area contributed by atoms with Gasteiger partial charge in [-0.2, -0.15) is 0 Å². The van der Waals surface area contributed by atoms with Crippen LogP contribution in [0.3, 0.4) is 0 Å². The molecule has 0 spiro atoms. The highest BCUT2D eigenvalue weighted by atomic mass is 16.3.